The molecule has 0 saturated carbocycles. The topological polar surface area (TPSA) is 17.1 Å². The Morgan fingerprint density at radius 2 is 1.36 bits per heavy atom. The predicted molar refractivity (Wildman–Crippen MR) is 49.6 cm³/mol. The van der Waals surface area contributed by atoms with E-state index in [1.54, 1.807) is 0 Å². The zero-order valence-electron chi connectivity index (χ0n) is 7.50. The lowest BCUT2D eigenvalue weighted by atomic mass is 10.2. The Hall–Kier alpha value is -1.11. The Labute approximate surface area is 69.1 Å². The van der Waals surface area contributed by atoms with Crippen molar-refractivity contribution in [2.24, 2.45) is 0 Å². The molecule has 1 heteroatoms. The molecular formula is C10H16O. The minimum Gasteiger partial charge on any atom is -0.307 e. The van der Waals surface area contributed by atoms with Crippen LogP contribution in [0.4, 0.5) is 0 Å². The van der Waals surface area contributed by atoms with Crippen molar-refractivity contribution in [1.29, 1.82) is 0 Å². The Morgan fingerprint density at radius 1 is 1.00 bits per heavy atom. The van der Waals surface area contributed by atoms with Gasteiger partial charge in [-0.05, 0) is 6.92 Å². The van der Waals surface area contributed by atoms with E-state index in [0.29, 0.717) is 0 Å². The molecule has 0 unspecified atom stereocenters. The fourth-order valence-corrected chi connectivity index (χ4v) is 0.534. The second-order valence-corrected chi connectivity index (χ2v) is 1.65. The number of rotatable bonds is 0. The molecule has 1 aromatic carbocycles. The molecule has 0 aromatic heterocycles. The van der Waals surface area contributed by atoms with Crippen molar-refractivity contribution in [2.45, 2.75) is 20.8 Å². The second-order valence-electron chi connectivity index (χ2n) is 1.65. The van der Waals surface area contributed by atoms with Crippen LogP contribution in [0.5, 0.6) is 0 Å². The van der Waals surface area contributed by atoms with Gasteiger partial charge in [-0.2, -0.15) is 0 Å². The van der Waals surface area contributed by atoms with Crippen molar-refractivity contribution in [3.05, 3.63) is 35.9 Å². The van der Waals surface area contributed by atoms with E-state index in [9.17, 15) is 0 Å². The third-order valence-corrected chi connectivity index (χ3v) is 0.940. The lowest BCUT2D eigenvalue weighted by molar-refractivity contribution is -0.0979. The summed E-state index contributed by atoms with van der Waals surface area (Å²) in [4.78, 5) is 8.00. The summed E-state index contributed by atoms with van der Waals surface area (Å²) < 4.78 is 0. The number of benzene rings is 1. The molecule has 0 fully saturated rings. The van der Waals surface area contributed by atoms with Gasteiger partial charge >= 0.3 is 0 Å². The van der Waals surface area contributed by atoms with Crippen molar-refractivity contribution in [2.75, 3.05) is 0 Å². The number of hydrogen-bond acceptors (Lipinski definition) is 1. The SMILES string of the molecule is C=O.CC.Cc1ccccc1. The van der Waals surface area contributed by atoms with Crippen LogP contribution in [0.25, 0.3) is 0 Å². The summed E-state index contributed by atoms with van der Waals surface area (Å²) in [7, 11) is 0. The van der Waals surface area contributed by atoms with E-state index in [1.165, 1.54) is 5.56 Å². The van der Waals surface area contributed by atoms with Gasteiger partial charge in [0, 0.05) is 0 Å². The van der Waals surface area contributed by atoms with Gasteiger partial charge in [0.2, 0.25) is 0 Å². The smallest absolute Gasteiger partial charge is 0.106 e. The summed E-state index contributed by atoms with van der Waals surface area (Å²) in [5.74, 6) is 0. The summed E-state index contributed by atoms with van der Waals surface area (Å²) in [5.41, 5.74) is 1.32. The van der Waals surface area contributed by atoms with Gasteiger partial charge in [-0.25, -0.2) is 0 Å². The molecule has 1 rings (SSSR count). The third-order valence-electron chi connectivity index (χ3n) is 0.940. The summed E-state index contributed by atoms with van der Waals surface area (Å²) >= 11 is 0. The molecule has 1 aromatic rings. The number of carbonyl (C=O) groups is 1. The maximum atomic E-state index is 8.00. The zero-order valence-corrected chi connectivity index (χ0v) is 7.50. The Balaban J connectivity index is 0. The number of aryl methyl sites for hydroxylation is 1. The van der Waals surface area contributed by atoms with E-state index in [1.807, 2.05) is 38.8 Å². The molecule has 0 aliphatic heterocycles. The highest BCUT2D eigenvalue weighted by Crippen LogP contribution is 1.92. The lowest BCUT2D eigenvalue weighted by Gasteiger charge is -1.82. The van der Waals surface area contributed by atoms with Crippen LogP contribution >= 0.6 is 0 Å². The standard InChI is InChI=1S/C7H8.C2H6.CH2O/c1-7-5-3-2-4-6-7;2*1-2/h2-6H,1H3;1-2H3;1H2. The monoisotopic (exact) mass is 152 g/mol. The number of hydrogen-bond donors (Lipinski definition) is 0. The second kappa shape index (κ2) is 11.7. The molecule has 1 nitrogen and oxygen atoms in total. The average molecular weight is 152 g/mol. The van der Waals surface area contributed by atoms with Crippen molar-refractivity contribution in [3.8, 4) is 0 Å². The molecule has 0 aliphatic rings. The highest BCUT2D eigenvalue weighted by atomic mass is 16.1. The van der Waals surface area contributed by atoms with Crippen LogP contribution in [-0.4, -0.2) is 6.79 Å². The quantitative estimate of drug-likeness (QED) is 0.558. The first kappa shape index (κ1) is 12.6. The van der Waals surface area contributed by atoms with Crippen LogP contribution < -0.4 is 0 Å². The molecular weight excluding hydrogens is 136 g/mol. The molecule has 0 heterocycles. The predicted octanol–water partition coefficient (Wildman–Crippen LogP) is 2.84. The average Bonchev–Trinajstić information content (AvgIpc) is 2.13. The van der Waals surface area contributed by atoms with Crippen LogP contribution in [0.3, 0.4) is 0 Å². The van der Waals surface area contributed by atoms with Gasteiger partial charge in [-0.3, -0.25) is 0 Å². The summed E-state index contributed by atoms with van der Waals surface area (Å²) in [5, 5.41) is 0. The fourth-order valence-electron chi connectivity index (χ4n) is 0.534. The molecule has 0 bridgehead atoms. The number of carbonyl (C=O) groups excluding carboxylic acids is 1. The summed E-state index contributed by atoms with van der Waals surface area (Å²) in [6, 6.07) is 10.3. The molecule has 0 radical (unpaired) electrons. The summed E-state index contributed by atoms with van der Waals surface area (Å²) in [6.45, 7) is 8.08. The van der Waals surface area contributed by atoms with E-state index < -0.39 is 0 Å². The van der Waals surface area contributed by atoms with Gasteiger partial charge in [0.25, 0.3) is 0 Å². The molecule has 0 aliphatic carbocycles. The van der Waals surface area contributed by atoms with Crippen LogP contribution in [0.2, 0.25) is 0 Å². The van der Waals surface area contributed by atoms with Gasteiger partial charge in [0.15, 0.2) is 0 Å². The minimum absolute atomic E-state index is 1.32. The van der Waals surface area contributed by atoms with E-state index in [-0.39, 0.29) is 0 Å². The van der Waals surface area contributed by atoms with Crippen LogP contribution in [0.1, 0.15) is 19.4 Å². The molecule has 62 valence electrons. The Bertz CT molecular complexity index is 146. The lowest BCUT2D eigenvalue weighted by Crippen LogP contribution is -1.62. The normalized spacial score (nSPS) is 6.45. The first-order valence-corrected chi connectivity index (χ1v) is 3.70. The summed E-state index contributed by atoms with van der Waals surface area (Å²) in [6.07, 6.45) is 0. The zero-order chi connectivity index (χ0) is 9.11. The van der Waals surface area contributed by atoms with Gasteiger partial charge in [0.05, 0.1) is 0 Å². The minimum atomic E-state index is 1.32. The van der Waals surface area contributed by atoms with E-state index in [4.69, 9.17) is 4.79 Å². The van der Waals surface area contributed by atoms with Crippen LogP contribution in [0.15, 0.2) is 30.3 Å². The highest BCUT2D eigenvalue weighted by Gasteiger charge is 1.72. The first-order chi connectivity index (χ1) is 5.39. The Morgan fingerprint density at radius 3 is 1.55 bits per heavy atom. The van der Waals surface area contributed by atoms with Crippen LogP contribution in [-0.2, 0) is 4.79 Å². The molecule has 11 heavy (non-hydrogen) atoms. The molecule has 0 saturated heterocycles. The van der Waals surface area contributed by atoms with Crippen molar-refractivity contribution in [3.63, 3.8) is 0 Å². The van der Waals surface area contributed by atoms with E-state index in [0.717, 1.165) is 0 Å². The first-order valence-electron chi connectivity index (χ1n) is 3.70. The molecule has 0 spiro atoms. The van der Waals surface area contributed by atoms with Crippen LogP contribution in [0, 0.1) is 6.92 Å². The van der Waals surface area contributed by atoms with E-state index >= 15 is 0 Å². The molecule has 0 amide bonds. The van der Waals surface area contributed by atoms with Crippen molar-refractivity contribution in [1.82, 2.24) is 0 Å². The van der Waals surface area contributed by atoms with Gasteiger partial charge in [-0.15, -0.1) is 0 Å². The van der Waals surface area contributed by atoms with Gasteiger partial charge < -0.3 is 4.79 Å². The van der Waals surface area contributed by atoms with Crippen molar-refractivity contribution >= 4 is 6.79 Å². The largest absolute Gasteiger partial charge is 0.307 e. The highest BCUT2D eigenvalue weighted by molar-refractivity contribution is 5.11. The van der Waals surface area contributed by atoms with E-state index in [2.05, 4.69) is 19.1 Å². The van der Waals surface area contributed by atoms with Crippen molar-refractivity contribution < 1.29 is 4.79 Å². The molecule has 0 N–H and O–H groups in total. The molecule has 0 atom stereocenters. The third kappa shape index (κ3) is 8.89. The van der Waals surface area contributed by atoms with Gasteiger partial charge in [0.1, 0.15) is 6.79 Å². The Kier molecular flexibility index (Phi) is 13.3. The fraction of sp³-hybridized carbons (Fsp3) is 0.300. The van der Waals surface area contributed by atoms with Gasteiger partial charge in [-0.1, -0.05) is 49.7 Å². The maximum Gasteiger partial charge on any atom is 0.106 e. The maximum absolute atomic E-state index is 8.00.